The van der Waals surface area contributed by atoms with E-state index >= 15 is 0 Å². The Morgan fingerprint density at radius 2 is 1.76 bits per heavy atom. The van der Waals surface area contributed by atoms with E-state index < -0.39 is 0 Å². The maximum atomic E-state index is 10.2. The molecule has 3 N–H and O–H groups in total. The van der Waals surface area contributed by atoms with Gasteiger partial charge in [0.25, 0.3) is 0 Å². The van der Waals surface area contributed by atoms with Crippen molar-refractivity contribution in [3.05, 3.63) is 48.8 Å². The second-order valence-corrected chi connectivity index (χ2v) is 7.08. The number of nitrogens with zero attached hydrogens (tertiary/aromatic N) is 7. The summed E-state index contributed by atoms with van der Waals surface area (Å²) in [5, 5.41) is 23.2. The molecule has 0 atom stereocenters. The average molecular weight is 388 g/mol. The van der Waals surface area contributed by atoms with E-state index in [1.807, 2.05) is 28.9 Å². The van der Waals surface area contributed by atoms with E-state index in [1.54, 1.807) is 24.5 Å². The van der Waals surface area contributed by atoms with E-state index in [2.05, 4.69) is 30.2 Å². The molecule has 1 fully saturated rings. The van der Waals surface area contributed by atoms with Gasteiger partial charge in [-0.05, 0) is 37.1 Å². The van der Waals surface area contributed by atoms with Gasteiger partial charge in [0.05, 0.1) is 17.3 Å². The molecule has 5 rings (SSSR count). The topological polar surface area (TPSA) is 119 Å². The summed E-state index contributed by atoms with van der Waals surface area (Å²) in [7, 11) is 0. The maximum absolute atomic E-state index is 10.2. The Morgan fingerprint density at radius 1 is 1.00 bits per heavy atom. The molecule has 0 unspecified atom stereocenters. The lowest BCUT2D eigenvalue weighted by Crippen LogP contribution is -2.36. The van der Waals surface area contributed by atoms with Gasteiger partial charge in [0.1, 0.15) is 5.75 Å². The van der Waals surface area contributed by atoms with Crippen molar-refractivity contribution >= 4 is 22.8 Å². The van der Waals surface area contributed by atoms with Crippen molar-refractivity contribution in [3.63, 3.8) is 0 Å². The highest BCUT2D eigenvalue weighted by Crippen LogP contribution is 2.32. The molecule has 9 nitrogen and oxygen atoms in total. The van der Waals surface area contributed by atoms with Gasteiger partial charge < -0.3 is 15.7 Å². The Balaban J connectivity index is 1.46. The molecule has 0 bridgehead atoms. The van der Waals surface area contributed by atoms with Crippen LogP contribution in [0.15, 0.2) is 48.8 Å². The number of anilines is 2. The Labute approximate surface area is 166 Å². The molecule has 146 valence electrons. The molecule has 3 aromatic heterocycles. The molecule has 0 amide bonds. The summed E-state index contributed by atoms with van der Waals surface area (Å²) in [6.07, 6.45) is 5.30. The number of nitrogens with two attached hydrogens (primary N) is 1. The van der Waals surface area contributed by atoms with Crippen LogP contribution in [0.4, 0.5) is 11.8 Å². The first-order chi connectivity index (χ1) is 14.2. The molecule has 0 aliphatic carbocycles. The monoisotopic (exact) mass is 388 g/mol. The first-order valence-electron chi connectivity index (χ1n) is 9.52. The van der Waals surface area contributed by atoms with Crippen LogP contribution in [-0.4, -0.2) is 48.1 Å². The van der Waals surface area contributed by atoms with Crippen LogP contribution in [-0.2, 0) is 0 Å². The number of hydrogen-bond acceptors (Lipinski definition) is 8. The molecule has 0 saturated carbocycles. The van der Waals surface area contributed by atoms with E-state index in [9.17, 15) is 5.11 Å². The molecule has 1 aliphatic rings. The number of piperidine rings is 1. The van der Waals surface area contributed by atoms with Gasteiger partial charge in [-0.25, -0.2) is 9.97 Å². The molecule has 0 spiro atoms. The van der Waals surface area contributed by atoms with Crippen LogP contribution in [0.25, 0.3) is 22.3 Å². The van der Waals surface area contributed by atoms with Gasteiger partial charge in [-0.1, -0.05) is 12.1 Å². The van der Waals surface area contributed by atoms with Crippen molar-refractivity contribution in [1.29, 1.82) is 0 Å². The quantitative estimate of drug-likeness (QED) is 0.549. The summed E-state index contributed by atoms with van der Waals surface area (Å²) in [6.45, 7) is 1.67. The minimum Gasteiger partial charge on any atom is -0.507 e. The number of para-hydroxylation sites is 1. The van der Waals surface area contributed by atoms with Crippen LogP contribution in [0, 0.1) is 0 Å². The van der Waals surface area contributed by atoms with Gasteiger partial charge in [0.2, 0.25) is 5.95 Å². The lowest BCUT2D eigenvalue weighted by molar-refractivity contribution is 0.375. The van der Waals surface area contributed by atoms with Gasteiger partial charge >= 0.3 is 0 Å². The van der Waals surface area contributed by atoms with Gasteiger partial charge in [0.15, 0.2) is 11.3 Å². The first kappa shape index (κ1) is 17.4. The fourth-order valence-corrected chi connectivity index (χ4v) is 3.82. The third-order valence-corrected chi connectivity index (χ3v) is 5.30. The Bertz CT molecular complexity index is 1150. The number of phenolic OH excluding ortho intramolecular Hbond substituents is 1. The van der Waals surface area contributed by atoms with E-state index in [4.69, 9.17) is 5.73 Å². The molecule has 4 aromatic rings. The van der Waals surface area contributed by atoms with Gasteiger partial charge in [-0.15, -0.1) is 10.2 Å². The predicted octanol–water partition coefficient (Wildman–Crippen LogP) is 2.41. The molecular weight excluding hydrogens is 368 g/mol. The average Bonchev–Trinajstić information content (AvgIpc) is 3.11. The third-order valence-electron chi connectivity index (χ3n) is 5.30. The molecular formula is C20H20N8O. The van der Waals surface area contributed by atoms with E-state index in [0.29, 0.717) is 22.6 Å². The Morgan fingerprint density at radius 3 is 2.52 bits per heavy atom. The summed E-state index contributed by atoms with van der Waals surface area (Å²) in [5.41, 5.74) is 8.73. The number of rotatable bonds is 3. The Hall–Kier alpha value is -3.75. The molecule has 0 radical (unpaired) electrons. The molecule has 29 heavy (non-hydrogen) atoms. The van der Waals surface area contributed by atoms with Crippen LogP contribution in [0.3, 0.4) is 0 Å². The highest BCUT2D eigenvalue weighted by atomic mass is 16.3. The standard InChI is InChI=1S/C20H20N8O/c21-19-18-16(12-15(24-25-18)14-4-1-2-5-17(14)29)28(26-19)13-6-10-27(11-7-13)20-22-8-3-9-23-20/h1-5,8-9,12-13,29H,6-7,10-11H2,(H2,21,26). The number of aromatic hydroxyl groups is 1. The van der Waals surface area contributed by atoms with Gasteiger partial charge in [-0.2, -0.15) is 5.10 Å². The fourth-order valence-electron chi connectivity index (χ4n) is 3.82. The predicted molar refractivity (Wildman–Crippen MR) is 109 cm³/mol. The zero-order valence-electron chi connectivity index (χ0n) is 15.7. The third kappa shape index (κ3) is 3.10. The number of fused-ring (bicyclic) bond motifs is 1. The number of nitrogen functional groups attached to an aromatic ring is 1. The second-order valence-electron chi connectivity index (χ2n) is 7.08. The SMILES string of the molecule is Nc1nn(C2CCN(c3ncccn3)CC2)c2cc(-c3ccccc3O)nnc12. The summed E-state index contributed by atoms with van der Waals surface area (Å²) < 4.78 is 1.95. The molecule has 1 aliphatic heterocycles. The minimum absolute atomic E-state index is 0.163. The maximum Gasteiger partial charge on any atom is 0.225 e. The van der Waals surface area contributed by atoms with Crippen molar-refractivity contribution in [2.75, 3.05) is 23.7 Å². The molecule has 9 heteroatoms. The van der Waals surface area contributed by atoms with E-state index in [-0.39, 0.29) is 11.8 Å². The van der Waals surface area contributed by atoms with Crippen LogP contribution >= 0.6 is 0 Å². The van der Waals surface area contributed by atoms with Crippen molar-refractivity contribution in [3.8, 4) is 17.0 Å². The summed E-state index contributed by atoms with van der Waals surface area (Å²) in [5.74, 6) is 1.28. The van der Waals surface area contributed by atoms with Crippen LogP contribution < -0.4 is 10.6 Å². The Kier molecular flexibility index (Phi) is 4.19. The van der Waals surface area contributed by atoms with Crippen molar-refractivity contribution in [2.24, 2.45) is 0 Å². The molecule has 1 saturated heterocycles. The highest BCUT2D eigenvalue weighted by Gasteiger charge is 2.25. The summed E-state index contributed by atoms with van der Waals surface area (Å²) in [6, 6.07) is 11.0. The normalized spacial score (nSPS) is 15.1. The molecule has 1 aromatic carbocycles. The van der Waals surface area contributed by atoms with Crippen LogP contribution in [0.1, 0.15) is 18.9 Å². The number of hydrogen-bond donors (Lipinski definition) is 2. The lowest BCUT2D eigenvalue weighted by atomic mass is 10.1. The number of aromatic nitrogens is 6. The molecule has 4 heterocycles. The van der Waals surface area contributed by atoms with Crippen molar-refractivity contribution < 1.29 is 5.11 Å². The first-order valence-corrected chi connectivity index (χ1v) is 9.52. The van der Waals surface area contributed by atoms with Crippen LogP contribution in [0.5, 0.6) is 5.75 Å². The summed E-state index contributed by atoms with van der Waals surface area (Å²) >= 11 is 0. The lowest BCUT2D eigenvalue weighted by Gasteiger charge is -2.32. The minimum atomic E-state index is 0.163. The van der Waals surface area contributed by atoms with E-state index in [1.165, 1.54) is 0 Å². The summed E-state index contributed by atoms with van der Waals surface area (Å²) in [4.78, 5) is 10.9. The van der Waals surface area contributed by atoms with E-state index in [0.717, 1.165) is 37.4 Å². The van der Waals surface area contributed by atoms with Crippen molar-refractivity contribution in [2.45, 2.75) is 18.9 Å². The zero-order chi connectivity index (χ0) is 19.8. The second kappa shape index (κ2) is 7.01. The van der Waals surface area contributed by atoms with Gasteiger partial charge in [0, 0.05) is 31.0 Å². The number of benzene rings is 1. The van der Waals surface area contributed by atoms with Crippen molar-refractivity contribution in [1.82, 2.24) is 29.9 Å². The number of phenols is 1. The van der Waals surface area contributed by atoms with Gasteiger partial charge in [-0.3, -0.25) is 4.68 Å². The highest BCUT2D eigenvalue weighted by molar-refractivity contribution is 5.87. The fraction of sp³-hybridized carbons (Fsp3) is 0.250. The zero-order valence-corrected chi connectivity index (χ0v) is 15.7. The largest absolute Gasteiger partial charge is 0.507 e. The van der Waals surface area contributed by atoms with Crippen LogP contribution in [0.2, 0.25) is 0 Å². The smallest absolute Gasteiger partial charge is 0.225 e.